The van der Waals surface area contributed by atoms with Gasteiger partial charge in [-0.3, -0.25) is 0 Å². The number of hydrogen-bond acceptors (Lipinski definition) is 3. The van der Waals surface area contributed by atoms with Crippen LogP contribution in [0.5, 0.6) is 0 Å². The Labute approximate surface area is 91.2 Å². The number of aliphatic hydroxyl groups is 1. The summed E-state index contributed by atoms with van der Waals surface area (Å²) in [5.41, 5.74) is 1.03. The monoisotopic (exact) mass is 224 g/mol. The van der Waals surface area contributed by atoms with Crippen LogP contribution in [0.25, 0.3) is 6.08 Å². The van der Waals surface area contributed by atoms with E-state index in [1.807, 2.05) is 24.3 Å². The van der Waals surface area contributed by atoms with Crippen molar-refractivity contribution in [3.8, 4) is 0 Å². The average molecular weight is 224 g/mol. The van der Waals surface area contributed by atoms with Gasteiger partial charge in [-0.2, -0.15) is 0 Å². The molecule has 0 heterocycles. The first-order valence-corrected chi connectivity index (χ1v) is 6.69. The fourth-order valence-electron chi connectivity index (χ4n) is 1.41. The molecule has 0 aliphatic carbocycles. The zero-order chi connectivity index (χ0) is 11.3. The molecule has 0 unspecified atom stereocenters. The van der Waals surface area contributed by atoms with Crippen LogP contribution in [0, 0.1) is 0 Å². The van der Waals surface area contributed by atoms with Gasteiger partial charge in [0.1, 0.15) is 0 Å². The van der Waals surface area contributed by atoms with Gasteiger partial charge in [-0.15, -0.1) is 0 Å². The largest absolute Gasteiger partial charge is 0.398 e. The first kappa shape index (κ1) is 12.1. The molecule has 15 heavy (non-hydrogen) atoms. The van der Waals surface area contributed by atoms with Gasteiger partial charge >= 0.3 is 8.56 Å². The first-order valence-electron chi connectivity index (χ1n) is 4.66. The minimum absolute atomic E-state index is 0.0898. The van der Waals surface area contributed by atoms with Crippen molar-refractivity contribution >= 4 is 19.8 Å². The normalized spacial score (nSPS) is 11.4. The van der Waals surface area contributed by atoms with E-state index in [4.69, 9.17) is 8.85 Å². The van der Waals surface area contributed by atoms with Gasteiger partial charge in [-0.25, -0.2) is 0 Å². The van der Waals surface area contributed by atoms with Crippen LogP contribution in [0.15, 0.2) is 30.8 Å². The van der Waals surface area contributed by atoms with Crippen LogP contribution in [0.1, 0.15) is 5.56 Å². The summed E-state index contributed by atoms with van der Waals surface area (Å²) in [4.78, 5) is 0. The van der Waals surface area contributed by atoms with Crippen molar-refractivity contribution in [2.24, 2.45) is 0 Å². The quantitative estimate of drug-likeness (QED) is 0.752. The van der Waals surface area contributed by atoms with E-state index in [9.17, 15) is 5.11 Å². The molecule has 0 saturated heterocycles. The van der Waals surface area contributed by atoms with Crippen molar-refractivity contribution in [2.45, 2.75) is 0 Å². The molecular formula is C11H16O3Si. The Morgan fingerprint density at radius 1 is 1.27 bits per heavy atom. The molecule has 1 aromatic carbocycles. The molecule has 0 radical (unpaired) electrons. The van der Waals surface area contributed by atoms with Gasteiger partial charge in [0.2, 0.25) is 0 Å². The van der Waals surface area contributed by atoms with E-state index in [1.165, 1.54) is 0 Å². The van der Waals surface area contributed by atoms with E-state index < -0.39 is 8.56 Å². The average Bonchev–Trinajstić information content (AvgIpc) is 2.33. The number of aliphatic hydroxyl groups excluding tert-OH is 1. The molecule has 0 aliphatic rings. The maximum absolute atomic E-state index is 9.35. The summed E-state index contributed by atoms with van der Waals surface area (Å²) in [6.07, 6.45) is 1.68. The summed E-state index contributed by atoms with van der Waals surface area (Å²) in [5.74, 6) is 0. The summed E-state index contributed by atoms with van der Waals surface area (Å²) in [6.45, 7) is 3.68. The Bertz CT molecular complexity index is 309. The second-order valence-electron chi connectivity index (χ2n) is 3.15. The van der Waals surface area contributed by atoms with Gasteiger partial charge in [0.15, 0.2) is 0 Å². The second-order valence-corrected chi connectivity index (χ2v) is 6.36. The van der Waals surface area contributed by atoms with E-state index >= 15 is 0 Å². The molecular weight excluding hydrogens is 208 g/mol. The minimum atomic E-state index is -2.61. The highest BCUT2D eigenvalue weighted by molar-refractivity contribution is 6.80. The van der Waals surface area contributed by atoms with Crippen molar-refractivity contribution in [3.05, 3.63) is 36.4 Å². The molecule has 0 amide bonds. The Hall–Kier alpha value is -0.943. The standard InChI is InChI=1S/C11H16O3Si/c1-4-10-5-7-11(8-6-10)15(9-12,13-2)14-3/h4-8,12H,1,9H2,2-3H3. The molecule has 1 rings (SSSR count). The van der Waals surface area contributed by atoms with E-state index in [0.717, 1.165) is 10.8 Å². The van der Waals surface area contributed by atoms with Crippen LogP contribution in [0.3, 0.4) is 0 Å². The Balaban J connectivity index is 3.06. The second kappa shape index (κ2) is 5.23. The fraction of sp³-hybridized carbons (Fsp3) is 0.273. The SMILES string of the molecule is C=Cc1ccc([Si](CO)(OC)OC)cc1. The van der Waals surface area contributed by atoms with Gasteiger partial charge in [0.05, 0.1) is 6.23 Å². The van der Waals surface area contributed by atoms with Gasteiger partial charge in [-0.1, -0.05) is 36.9 Å². The third-order valence-electron chi connectivity index (χ3n) is 2.45. The number of rotatable bonds is 5. The molecule has 3 nitrogen and oxygen atoms in total. The van der Waals surface area contributed by atoms with Crippen molar-refractivity contribution in [1.29, 1.82) is 0 Å². The van der Waals surface area contributed by atoms with Gasteiger partial charge < -0.3 is 14.0 Å². The van der Waals surface area contributed by atoms with Gasteiger partial charge in [-0.05, 0) is 10.8 Å². The molecule has 0 spiro atoms. The lowest BCUT2D eigenvalue weighted by Gasteiger charge is -2.25. The zero-order valence-electron chi connectivity index (χ0n) is 9.06. The molecule has 0 atom stereocenters. The molecule has 1 N–H and O–H groups in total. The third kappa shape index (κ3) is 2.35. The summed E-state index contributed by atoms with van der Waals surface area (Å²) < 4.78 is 10.7. The fourth-order valence-corrected chi connectivity index (χ4v) is 3.17. The molecule has 0 aromatic heterocycles. The number of hydrogen-bond donors (Lipinski definition) is 1. The van der Waals surface area contributed by atoms with Crippen molar-refractivity contribution in [1.82, 2.24) is 0 Å². The lowest BCUT2D eigenvalue weighted by atomic mass is 10.2. The molecule has 82 valence electrons. The first-order chi connectivity index (χ1) is 7.22. The van der Waals surface area contributed by atoms with Crippen LogP contribution in [0.4, 0.5) is 0 Å². The summed E-state index contributed by atoms with van der Waals surface area (Å²) >= 11 is 0. The number of benzene rings is 1. The molecule has 0 fully saturated rings. The van der Waals surface area contributed by atoms with E-state index in [-0.39, 0.29) is 6.23 Å². The Morgan fingerprint density at radius 2 is 1.80 bits per heavy atom. The highest BCUT2D eigenvalue weighted by atomic mass is 28.4. The van der Waals surface area contributed by atoms with Gasteiger partial charge in [0, 0.05) is 14.2 Å². The van der Waals surface area contributed by atoms with Crippen LogP contribution >= 0.6 is 0 Å². The highest BCUT2D eigenvalue weighted by Crippen LogP contribution is 2.07. The van der Waals surface area contributed by atoms with Crippen molar-refractivity contribution < 1.29 is 14.0 Å². The summed E-state index contributed by atoms with van der Waals surface area (Å²) in [6, 6.07) is 7.68. The van der Waals surface area contributed by atoms with E-state index in [1.54, 1.807) is 20.3 Å². The van der Waals surface area contributed by atoms with E-state index in [2.05, 4.69) is 6.58 Å². The summed E-state index contributed by atoms with van der Waals surface area (Å²) in [5, 5.41) is 10.3. The molecule has 4 heteroatoms. The molecule has 0 bridgehead atoms. The third-order valence-corrected chi connectivity index (χ3v) is 5.40. The lowest BCUT2D eigenvalue weighted by molar-refractivity contribution is 0.211. The summed E-state index contributed by atoms with van der Waals surface area (Å²) in [7, 11) is 0.518. The van der Waals surface area contributed by atoms with E-state index in [0.29, 0.717) is 0 Å². The topological polar surface area (TPSA) is 38.7 Å². The smallest absolute Gasteiger partial charge is 0.394 e. The maximum atomic E-state index is 9.35. The molecule has 1 aromatic rings. The minimum Gasteiger partial charge on any atom is -0.394 e. The maximum Gasteiger partial charge on any atom is 0.398 e. The van der Waals surface area contributed by atoms with Crippen molar-refractivity contribution in [2.75, 3.05) is 20.4 Å². The predicted octanol–water partition coefficient (Wildman–Crippen LogP) is 0.803. The Morgan fingerprint density at radius 3 is 2.13 bits per heavy atom. The predicted molar refractivity (Wildman–Crippen MR) is 63.0 cm³/mol. The van der Waals surface area contributed by atoms with Crippen LogP contribution in [-0.2, 0) is 8.85 Å². The van der Waals surface area contributed by atoms with Crippen LogP contribution in [-0.4, -0.2) is 34.1 Å². The molecule has 0 saturated carbocycles. The molecule has 0 aliphatic heterocycles. The van der Waals surface area contributed by atoms with Crippen molar-refractivity contribution in [3.63, 3.8) is 0 Å². The van der Waals surface area contributed by atoms with Crippen LogP contribution in [0.2, 0.25) is 0 Å². The lowest BCUT2D eigenvalue weighted by Crippen LogP contribution is -2.56. The zero-order valence-corrected chi connectivity index (χ0v) is 10.1. The van der Waals surface area contributed by atoms with Gasteiger partial charge in [0.25, 0.3) is 0 Å². The highest BCUT2D eigenvalue weighted by Gasteiger charge is 2.37. The van der Waals surface area contributed by atoms with Crippen LogP contribution < -0.4 is 5.19 Å². The Kier molecular flexibility index (Phi) is 4.23.